The molecule has 2 unspecified atom stereocenters. The lowest BCUT2D eigenvalue weighted by Gasteiger charge is -2.38. The lowest BCUT2D eigenvalue weighted by molar-refractivity contribution is -0.0410. The molecule has 2 N–H and O–H groups in total. The Morgan fingerprint density at radius 2 is 1.75 bits per heavy atom. The third-order valence-electron chi connectivity index (χ3n) is 5.64. The molecule has 3 aliphatic rings. The SMILES string of the molecule is OC1(NC2=NCCCCC2)CCCC1C1CCCCC1. The topological polar surface area (TPSA) is 44.6 Å². The summed E-state index contributed by atoms with van der Waals surface area (Å²) in [5.41, 5.74) is -0.662. The zero-order valence-corrected chi connectivity index (χ0v) is 12.7. The molecule has 1 aliphatic heterocycles. The van der Waals surface area contributed by atoms with Crippen LogP contribution in [0.25, 0.3) is 0 Å². The van der Waals surface area contributed by atoms with Gasteiger partial charge in [0.2, 0.25) is 0 Å². The number of nitrogens with zero attached hydrogens (tertiary/aromatic N) is 1. The fourth-order valence-electron chi connectivity index (χ4n) is 4.56. The third kappa shape index (κ3) is 3.19. The van der Waals surface area contributed by atoms with Gasteiger partial charge in [-0.2, -0.15) is 0 Å². The first-order chi connectivity index (χ1) is 9.78. The summed E-state index contributed by atoms with van der Waals surface area (Å²) in [4.78, 5) is 4.66. The van der Waals surface area contributed by atoms with E-state index in [9.17, 15) is 5.11 Å². The van der Waals surface area contributed by atoms with E-state index in [1.807, 2.05) is 0 Å². The van der Waals surface area contributed by atoms with Gasteiger partial charge in [0, 0.05) is 18.9 Å². The van der Waals surface area contributed by atoms with Crippen molar-refractivity contribution < 1.29 is 5.11 Å². The highest BCUT2D eigenvalue weighted by atomic mass is 16.3. The molecule has 0 radical (unpaired) electrons. The molecule has 2 fully saturated rings. The maximum atomic E-state index is 11.2. The Morgan fingerprint density at radius 1 is 0.950 bits per heavy atom. The first kappa shape index (κ1) is 14.4. The molecule has 1 heterocycles. The fraction of sp³-hybridized carbons (Fsp3) is 0.941. The summed E-state index contributed by atoms with van der Waals surface area (Å²) in [6, 6.07) is 0. The van der Waals surface area contributed by atoms with E-state index in [0.717, 1.165) is 37.6 Å². The molecule has 2 aliphatic carbocycles. The Balaban J connectivity index is 1.66. The van der Waals surface area contributed by atoms with Gasteiger partial charge < -0.3 is 10.4 Å². The van der Waals surface area contributed by atoms with Crippen LogP contribution in [0.4, 0.5) is 0 Å². The van der Waals surface area contributed by atoms with Crippen molar-refractivity contribution in [3.05, 3.63) is 0 Å². The highest BCUT2D eigenvalue weighted by Crippen LogP contribution is 2.44. The Bertz CT molecular complexity index is 349. The minimum Gasteiger partial charge on any atom is -0.371 e. The van der Waals surface area contributed by atoms with Crippen molar-refractivity contribution >= 4 is 5.84 Å². The molecule has 114 valence electrons. The smallest absolute Gasteiger partial charge is 0.139 e. The first-order valence-electron chi connectivity index (χ1n) is 8.82. The second-order valence-electron chi connectivity index (χ2n) is 7.09. The van der Waals surface area contributed by atoms with Crippen molar-refractivity contribution in [3.8, 4) is 0 Å². The molecular formula is C17H30N2O. The predicted octanol–water partition coefficient (Wildman–Crippen LogP) is 3.62. The van der Waals surface area contributed by atoms with Crippen molar-refractivity contribution in [3.63, 3.8) is 0 Å². The zero-order valence-electron chi connectivity index (χ0n) is 12.7. The van der Waals surface area contributed by atoms with Gasteiger partial charge in [-0.15, -0.1) is 0 Å². The molecule has 0 bridgehead atoms. The Labute approximate surface area is 123 Å². The van der Waals surface area contributed by atoms with Crippen LogP contribution in [0.1, 0.15) is 77.0 Å². The van der Waals surface area contributed by atoms with Gasteiger partial charge in [0.1, 0.15) is 5.72 Å². The van der Waals surface area contributed by atoms with Crippen molar-refractivity contribution in [1.82, 2.24) is 5.32 Å². The standard InChI is InChI=1S/C17H30N2O/c20-17(19-16-11-5-2-6-13-18-16)12-7-10-15(17)14-8-3-1-4-9-14/h14-15,20H,1-13H2,(H,18,19). The Hall–Kier alpha value is -0.570. The van der Waals surface area contributed by atoms with Crippen LogP contribution in [0.5, 0.6) is 0 Å². The number of amidine groups is 1. The van der Waals surface area contributed by atoms with Crippen LogP contribution in [0.2, 0.25) is 0 Å². The van der Waals surface area contributed by atoms with Crippen molar-refractivity contribution in [1.29, 1.82) is 0 Å². The fourth-order valence-corrected chi connectivity index (χ4v) is 4.56. The van der Waals surface area contributed by atoms with E-state index in [2.05, 4.69) is 10.3 Å². The summed E-state index contributed by atoms with van der Waals surface area (Å²) >= 11 is 0. The van der Waals surface area contributed by atoms with Crippen molar-refractivity contribution in [2.45, 2.75) is 82.8 Å². The summed E-state index contributed by atoms with van der Waals surface area (Å²) in [6.07, 6.45) is 14.7. The normalized spacial score (nSPS) is 36.5. The molecular weight excluding hydrogens is 248 g/mol. The quantitative estimate of drug-likeness (QED) is 0.758. The lowest BCUT2D eigenvalue weighted by atomic mass is 9.76. The van der Waals surface area contributed by atoms with E-state index in [1.54, 1.807) is 0 Å². The lowest BCUT2D eigenvalue weighted by Crippen LogP contribution is -2.53. The molecule has 3 nitrogen and oxygen atoms in total. The minimum absolute atomic E-state index is 0.453. The van der Waals surface area contributed by atoms with Gasteiger partial charge in [-0.25, -0.2) is 0 Å². The number of hydrogen-bond donors (Lipinski definition) is 2. The van der Waals surface area contributed by atoms with Gasteiger partial charge >= 0.3 is 0 Å². The van der Waals surface area contributed by atoms with Crippen LogP contribution in [-0.2, 0) is 0 Å². The van der Waals surface area contributed by atoms with Crippen LogP contribution < -0.4 is 5.32 Å². The van der Waals surface area contributed by atoms with E-state index >= 15 is 0 Å². The second-order valence-corrected chi connectivity index (χ2v) is 7.09. The molecule has 0 aromatic carbocycles. The van der Waals surface area contributed by atoms with Crippen LogP contribution in [0.15, 0.2) is 4.99 Å². The second kappa shape index (κ2) is 6.46. The predicted molar refractivity (Wildman–Crippen MR) is 82.8 cm³/mol. The Morgan fingerprint density at radius 3 is 2.60 bits per heavy atom. The zero-order chi connectivity index (χ0) is 13.8. The molecule has 3 rings (SSSR count). The molecule has 20 heavy (non-hydrogen) atoms. The molecule has 0 amide bonds. The number of rotatable bonds is 2. The van der Waals surface area contributed by atoms with Crippen LogP contribution in [0, 0.1) is 11.8 Å². The largest absolute Gasteiger partial charge is 0.371 e. The van der Waals surface area contributed by atoms with Gasteiger partial charge in [0.05, 0.1) is 5.84 Å². The molecule has 2 saturated carbocycles. The molecule has 0 aromatic rings. The average Bonchev–Trinajstić information content (AvgIpc) is 2.68. The van der Waals surface area contributed by atoms with E-state index in [-0.39, 0.29) is 0 Å². The molecule has 0 spiro atoms. The van der Waals surface area contributed by atoms with Crippen molar-refractivity contribution in [2.75, 3.05) is 6.54 Å². The average molecular weight is 278 g/mol. The van der Waals surface area contributed by atoms with E-state index in [0.29, 0.717) is 5.92 Å². The van der Waals surface area contributed by atoms with Crippen LogP contribution in [0.3, 0.4) is 0 Å². The summed E-state index contributed by atoms with van der Waals surface area (Å²) in [6.45, 7) is 0.937. The highest BCUT2D eigenvalue weighted by Gasteiger charge is 2.45. The van der Waals surface area contributed by atoms with Gasteiger partial charge in [0.15, 0.2) is 0 Å². The van der Waals surface area contributed by atoms with Crippen LogP contribution >= 0.6 is 0 Å². The van der Waals surface area contributed by atoms with Gasteiger partial charge in [-0.3, -0.25) is 4.99 Å². The highest BCUT2D eigenvalue weighted by molar-refractivity contribution is 5.83. The van der Waals surface area contributed by atoms with E-state index in [1.165, 1.54) is 57.8 Å². The minimum atomic E-state index is -0.662. The van der Waals surface area contributed by atoms with Gasteiger partial charge in [-0.05, 0) is 38.0 Å². The first-order valence-corrected chi connectivity index (χ1v) is 8.82. The Kier molecular flexibility index (Phi) is 4.65. The maximum absolute atomic E-state index is 11.2. The summed E-state index contributed by atoms with van der Waals surface area (Å²) < 4.78 is 0. The van der Waals surface area contributed by atoms with Crippen molar-refractivity contribution in [2.24, 2.45) is 16.8 Å². The van der Waals surface area contributed by atoms with E-state index in [4.69, 9.17) is 0 Å². The third-order valence-corrected chi connectivity index (χ3v) is 5.64. The molecule has 0 aromatic heterocycles. The molecule has 3 heteroatoms. The van der Waals surface area contributed by atoms with Gasteiger partial charge in [0.25, 0.3) is 0 Å². The van der Waals surface area contributed by atoms with E-state index < -0.39 is 5.72 Å². The molecule has 0 saturated heterocycles. The number of aliphatic imine (C=N–C) groups is 1. The summed E-state index contributed by atoms with van der Waals surface area (Å²) in [5, 5.41) is 14.6. The monoisotopic (exact) mass is 278 g/mol. The summed E-state index contributed by atoms with van der Waals surface area (Å²) in [5.74, 6) is 2.26. The number of nitrogens with one attached hydrogen (secondary N) is 1. The summed E-state index contributed by atoms with van der Waals surface area (Å²) in [7, 11) is 0. The number of hydrogen-bond acceptors (Lipinski definition) is 3. The maximum Gasteiger partial charge on any atom is 0.139 e. The molecule has 2 atom stereocenters. The van der Waals surface area contributed by atoms with Gasteiger partial charge in [-0.1, -0.05) is 38.5 Å². The van der Waals surface area contributed by atoms with Crippen LogP contribution in [-0.4, -0.2) is 23.2 Å². The number of aliphatic hydroxyl groups is 1.